The Labute approximate surface area is 127 Å². The second-order valence-corrected chi connectivity index (χ2v) is 6.24. The first-order valence-electron chi connectivity index (χ1n) is 7.79. The Morgan fingerprint density at radius 3 is 2.43 bits per heavy atom. The lowest BCUT2D eigenvalue weighted by molar-refractivity contribution is -0.123. The molecule has 0 bridgehead atoms. The van der Waals surface area contributed by atoms with Crippen molar-refractivity contribution in [3.8, 4) is 0 Å². The molecule has 0 aromatic heterocycles. The van der Waals surface area contributed by atoms with E-state index in [0.29, 0.717) is 13.1 Å². The first-order chi connectivity index (χ1) is 10.1. The fourth-order valence-corrected chi connectivity index (χ4v) is 3.27. The number of carbonyl (C=O) groups excluding carboxylic acids is 1. The normalized spacial score (nSPS) is 18.7. The minimum absolute atomic E-state index is 0.0387. The van der Waals surface area contributed by atoms with Crippen molar-refractivity contribution in [2.75, 3.05) is 27.2 Å². The Hall–Kier alpha value is -1.39. The van der Waals surface area contributed by atoms with E-state index in [2.05, 4.69) is 24.3 Å². The van der Waals surface area contributed by atoms with Crippen molar-refractivity contribution >= 4 is 5.91 Å². The molecule has 1 unspecified atom stereocenters. The Morgan fingerprint density at radius 2 is 1.90 bits per heavy atom. The molecule has 1 aromatic rings. The summed E-state index contributed by atoms with van der Waals surface area (Å²) in [6.07, 6.45) is 4.79. The van der Waals surface area contributed by atoms with E-state index in [4.69, 9.17) is 5.73 Å². The Bertz CT molecular complexity index is 452. The highest BCUT2D eigenvalue weighted by atomic mass is 16.1. The van der Waals surface area contributed by atoms with Gasteiger partial charge in [-0.2, -0.15) is 0 Å². The SMILES string of the molecule is CN(C)C1(CNC(=O)C(CN)c2ccccc2)CCCC1. The van der Waals surface area contributed by atoms with Gasteiger partial charge in [0.2, 0.25) is 5.91 Å². The molecule has 0 spiro atoms. The van der Waals surface area contributed by atoms with Crippen molar-refractivity contribution in [3.63, 3.8) is 0 Å². The molecular formula is C17H27N3O. The number of benzene rings is 1. The van der Waals surface area contributed by atoms with Gasteiger partial charge < -0.3 is 16.0 Å². The standard InChI is InChI=1S/C17H27N3O/c1-20(2)17(10-6-7-11-17)13-19-16(21)15(12-18)14-8-4-3-5-9-14/h3-5,8-9,15H,6-7,10-13,18H2,1-2H3,(H,19,21). The van der Waals surface area contributed by atoms with Crippen LogP contribution >= 0.6 is 0 Å². The molecule has 21 heavy (non-hydrogen) atoms. The molecule has 116 valence electrons. The van der Waals surface area contributed by atoms with Crippen molar-refractivity contribution in [1.82, 2.24) is 10.2 Å². The van der Waals surface area contributed by atoms with Gasteiger partial charge in [0, 0.05) is 18.6 Å². The van der Waals surface area contributed by atoms with Crippen LogP contribution in [0.1, 0.15) is 37.2 Å². The van der Waals surface area contributed by atoms with E-state index in [1.54, 1.807) is 0 Å². The van der Waals surface area contributed by atoms with E-state index in [-0.39, 0.29) is 17.4 Å². The number of hydrogen-bond acceptors (Lipinski definition) is 3. The van der Waals surface area contributed by atoms with E-state index in [9.17, 15) is 4.79 Å². The molecule has 1 saturated carbocycles. The zero-order valence-corrected chi connectivity index (χ0v) is 13.1. The summed E-state index contributed by atoms with van der Waals surface area (Å²) in [5, 5.41) is 3.14. The van der Waals surface area contributed by atoms with Crippen molar-refractivity contribution in [1.29, 1.82) is 0 Å². The van der Waals surface area contributed by atoms with Gasteiger partial charge in [0.1, 0.15) is 0 Å². The summed E-state index contributed by atoms with van der Waals surface area (Å²) in [5.41, 5.74) is 6.92. The molecule has 1 aliphatic rings. The molecule has 1 aromatic carbocycles. The highest BCUT2D eigenvalue weighted by Crippen LogP contribution is 2.33. The Morgan fingerprint density at radius 1 is 1.29 bits per heavy atom. The molecule has 1 fully saturated rings. The van der Waals surface area contributed by atoms with Crippen LogP contribution < -0.4 is 11.1 Å². The molecule has 0 radical (unpaired) electrons. The van der Waals surface area contributed by atoms with E-state index >= 15 is 0 Å². The molecule has 1 aliphatic carbocycles. The minimum Gasteiger partial charge on any atom is -0.354 e. The number of nitrogens with one attached hydrogen (secondary N) is 1. The van der Waals surface area contributed by atoms with Gasteiger partial charge in [0.25, 0.3) is 0 Å². The van der Waals surface area contributed by atoms with Gasteiger partial charge in [0.05, 0.1) is 5.92 Å². The van der Waals surface area contributed by atoms with Gasteiger partial charge in [-0.3, -0.25) is 4.79 Å². The maximum atomic E-state index is 12.5. The van der Waals surface area contributed by atoms with Crippen molar-refractivity contribution in [2.45, 2.75) is 37.1 Å². The van der Waals surface area contributed by atoms with Crippen LogP contribution in [0.15, 0.2) is 30.3 Å². The lowest BCUT2D eigenvalue weighted by atomic mass is 9.94. The molecule has 1 amide bonds. The van der Waals surface area contributed by atoms with E-state index in [1.165, 1.54) is 12.8 Å². The van der Waals surface area contributed by atoms with Crippen LogP contribution in [0.3, 0.4) is 0 Å². The number of amides is 1. The lowest BCUT2D eigenvalue weighted by Gasteiger charge is -2.36. The van der Waals surface area contributed by atoms with Crippen molar-refractivity contribution in [3.05, 3.63) is 35.9 Å². The van der Waals surface area contributed by atoms with Gasteiger partial charge in [-0.1, -0.05) is 43.2 Å². The maximum Gasteiger partial charge on any atom is 0.228 e. The van der Waals surface area contributed by atoms with Crippen LogP contribution in [-0.2, 0) is 4.79 Å². The predicted molar refractivity (Wildman–Crippen MR) is 86.1 cm³/mol. The third-order valence-electron chi connectivity index (χ3n) is 4.83. The van der Waals surface area contributed by atoms with Crippen molar-refractivity contribution < 1.29 is 4.79 Å². The number of rotatable bonds is 6. The molecule has 4 heteroatoms. The van der Waals surface area contributed by atoms with E-state index < -0.39 is 0 Å². The lowest BCUT2D eigenvalue weighted by Crippen LogP contribution is -2.51. The van der Waals surface area contributed by atoms with Crippen LogP contribution in [0.5, 0.6) is 0 Å². The second-order valence-electron chi connectivity index (χ2n) is 6.24. The van der Waals surface area contributed by atoms with Crippen LogP contribution in [0.2, 0.25) is 0 Å². The number of likely N-dealkylation sites (N-methyl/N-ethyl adjacent to an activating group) is 1. The Balaban J connectivity index is 2.00. The summed E-state index contributed by atoms with van der Waals surface area (Å²) in [5.74, 6) is -0.219. The fourth-order valence-electron chi connectivity index (χ4n) is 3.27. The predicted octanol–water partition coefficient (Wildman–Crippen LogP) is 1.72. The highest BCUT2D eigenvalue weighted by Gasteiger charge is 2.36. The van der Waals surface area contributed by atoms with Crippen molar-refractivity contribution in [2.24, 2.45) is 5.73 Å². The second kappa shape index (κ2) is 7.05. The van der Waals surface area contributed by atoms with Gasteiger partial charge in [-0.15, -0.1) is 0 Å². The molecule has 2 rings (SSSR count). The summed E-state index contributed by atoms with van der Waals surface area (Å²) in [6.45, 7) is 1.05. The van der Waals surface area contributed by atoms with Gasteiger partial charge in [-0.05, 0) is 32.5 Å². The molecule has 1 atom stereocenters. The maximum absolute atomic E-state index is 12.5. The topological polar surface area (TPSA) is 58.4 Å². The first kappa shape index (κ1) is 16.0. The monoisotopic (exact) mass is 289 g/mol. The summed E-state index contributed by atoms with van der Waals surface area (Å²) in [7, 11) is 4.21. The average Bonchev–Trinajstić information content (AvgIpc) is 2.97. The third kappa shape index (κ3) is 3.63. The van der Waals surface area contributed by atoms with Crippen LogP contribution in [-0.4, -0.2) is 43.5 Å². The molecular weight excluding hydrogens is 262 g/mol. The Kier molecular flexibility index (Phi) is 5.37. The number of nitrogens with two attached hydrogens (primary N) is 1. The zero-order chi connectivity index (χ0) is 15.3. The van der Waals surface area contributed by atoms with E-state index in [1.807, 2.05) is 30.3 Å². The van der Waals surface area contributed by atoms with Crippen LogP contribution in [0, 0.1) is 0 Å². The average molecular weight is 289 g/mol. The fraction of sp³-hybridized carbons (Fsp3) is 0.588. The largest absolute Gasteiger partial charge is 0.354 e. The summed E-state index contributed by atoms with van der Waals surface area (Å²) < 4.78 is 0. The third-order valence-corrected chi connectivity index (χ3v) is 4.83. The van der Waals surface area contributed by atoms with Gasteiger partial charge in [0.15, 0.2) is 0 Å². The zero-order valence-electron chi connectivity index (χ0n) is 13.1. The molecule has 4 nitrogen and oxygen atoms in total. The molecule has 0 heterocycles. The van der Waals surface area contributed by atoms with Crippen LogP contribution in [0.4, 0.5) is 0 Å². The van der Waals surface area contributed by atoms with Gasteiger partial charge in [-0.25, -0.2) is 0 Å². The quantitative estimate of drug-likeness (QED) is 0.838. The molecule has 3 N–H and O–H groups in total. The minimum atomic E-state index is -0.258. The van der Waals surface area contributed by atoms with Gasteiger partial charge >= 0.3 is 0 Å². The van der Waals surface area contributed by atoms with E-state index in [0.717, 1.165) is 18.4 Å². The summed E-state index contributed by atoms with van der Waals surface area (Å²) in [6, 6.07) is 9.78. The summed E-state index contributed by atoms with van der Waals surface area (Å²) in [4.78, 5) is 14.8. The highest BCUT2D eigenvalue weighted by molar-refractivity contribution is 5.84. The first-order valence-corrected chi connectivity index (χ1v) is 7.79. The number of carbonyl (C=O) groups is 1. The molecule has 0 aliphatic heterocycles. The molecule has 0 saturated heterocycles. The summed E-state index contributed by atoms with van der Waals surface area (Å²) >= 11 is 0. The number of nitrogens with zero attached hydrogens (tertiary/aromatic N) is 1. The smallest absolute Gasteiger partial charge is 0.228 e. The van der Waals surface area contributed by atoms with Crippen LogP contribution in [0.25, 0.3) is 0 Å². The number of hydrogen-bond donors (Lipinski definition) is 2.